The number of aromatic hydroxyl groups is 1. The van der Waals surface area contributed by atoms with Crippen LogP contribution in [0.1, 0.15) is 28.9 Å². The van der Waals surface area contributed by atoms with Gasteiger partial charge in [0.1, 0.15) is 11.6 Å². The van der Waals surface area contributed by atoms with Crippen molar-refractivity contribution in [3.63, 3.8) is 0 Å². The van der Waals surface area contributed by atoms with Gasteiger partial charge in [-0.2, -0.15) is 0 Å². The van der Waals surface area contributed by atoms with Crippen molar-refractivity contribution in [1.29, 1.82) is 0 Å². The summed E-state index contributed by atoms with van der Waals surface area (Å²) in [7, 11) is 0. The van der Waals surface area contributed by atoms with E-state index in [1.165, 1.54) is 30.3 Å². The smallest absolute Gasteiger partial charge is 0.253 e. The highest BCUT2D eigenvalue weighted by molar-refractivity contribution is 5.99. The Hall–Kier alpha value is -2.56. The third kappa shape index (κ3) is 3.06. The normalized spacial score (nSPS) is 11.9. The van der Waals surface area contributed by atoms with Gasteiger partial charge in [0, 0.05) is 5.69 Å². The van der Waals surface area contributed by atoms with E-state index in [-0.39, 0.29) is 28.9 Å². The van der Waals surface area contributed by atoms with Crippen molar-refractivity contribution in [2.75, 3.05) is 5.73 Å². The third-order valence-corrected chi connectivity index (χ3v) is 3.00. The maximum absolute atomic E-state index is 12.8. The first-order valence-electron chi connectivity index (χ1n) is 6.12. The van der Waals surface area contributed by atoms with E-state index in [1.54, 1.807) is 19.1 Å². The van der Waals surface area contributed by atoms with E-state index >= 15 is 0 Å². The fourth-order valence-corrected chi connectivity index (χ4v) is 1.85. The molecule has 0 saturated heterocycles. The monoisotopic (exact) mass is 274 g/mol. The molecule has 0 saturated carbocycles. The number of nitrogens with one attached hydrogen (secondary N) is 1. The highest BCUT2D eigenvalue weighted by Crippen LogP contribution is 2.20. The fraction of sp³-hybridized carbons (Fsp3) is 0.133. The van der Waals surface area contributed by atoms with Crippen LogP contribution in [0.3, 0.4) is 0 Å². The number of amides is 1. The summed E-state index contributed by atoms with van der Waals surface area (Å²) in [6, 6.07) is 9.76. The zero-order chi connectivity index (χ0) is 14.7. The van der Waals surface area contributed by atoms with Gasteiger partial charge in [0.25, 0.3) is 5.91 Å². The lowest BCUT2D eigenvalue weighted by molar-refractivity contribution is 0.0940. The number of carbonyl (C=O) groups is 1. The highest BCUT2D eigenvalue weighted by atomic mass is 19.1. The lowest BCUT2D eigenvalue weighted by atomic mass is 10.1. The molecule has 2 aromatic rings. The average molecular weight is 274 g/mol. The molecule has 20 heavy (non-hydrogen) atoms. The Morgan fingerprint density at radius 1 is 1.25 bits per heavy atom. The summed E-state index contributed by atoms with van der Waals surface area (Å²) in [4.78, 5) is 12.1. The van der Waals surface area contributed by atoms with Gasteiger partial charge < -0.3 is 16.2 Å². The first-order valence-corrected chi connectivity index (χ1v) is 6.12. The van der Waals surface area contributed by atoms with Crippen LogP contribution in [0, 0.1) is 5.82 Å². The predicted molar refractivity (Wildman–Crippen MR) is 74.8 cm³/mol. The van der Waals surface area contributed by atoms with Gasteiger partial charge in [0.05, 0.1) is 11.6 Å². The Kier molecular flexibility index (Phi) is 3.89. The average Bonchev–Trinajstić information content (AvgIpc) is 2.42. The summed E-state index contributed by atoms with van der Waals surface area (Å²) in [6.45, 7) is 1.78. The molecule has 0 bridgehead atoms. The minimum absolute atomic E-state index is 0.0289. The number of halogens is 1. The summed E-state index contributed by atoms with van der Waals surface area (Å²) >= 11 is 0. The van der Waals surface area contributed by atoms with Crippen LogP contribution in [0.2, 0.25) is 0 Å². The van der Waals surface area contributed by atoms with Gasteiger partial charge in [-0.3, -0.25) is 4.79 Å². The van der Waals surface area contributed by atoms with Crippen LogP contribution in [0.25, 0.3) is 0 Å². The van der Waals surface area contributed by atoms with Gasteiger partial charge in [0.2, 0.25) is 0 Å². The minimum atomic E-state index is -0.393. The van der Waals surface area contributed by atoms with E-state index in [0.29, 0.717) is 0 Å². The third-order valence-electron chi connectivity index (χ3n) is 3.00. The van der Waals surface area contributed by atoms with Crippen LogP contribution >= 0.6 is 0 Å². The van der Waals surface area contributed by atoms with Crippen LogP contribution in [0.15, 0.2) is 42.5 Å². The molecule has 4 N–H and O–H groups in total. The number of anilines is 1. The number of nitrogens with two attached hydrogens (primary N) is 1. The van der Waals surface area contributed by atoms with Gasteiger partial charge in [-0.1, -0.05) is 12.1 Å². The van der Waals surface area contributed by atoms with Crippen LogP contribution in [-0.4, -0.2) is 11.0 Å². The number of benzene rings is 2. The van der Waals surface area contributed by atoms with E-state index in [2.05, 4.69) is 5.32 Å². The van der Waals surface area contributed by atoms with Crippen molar-refractivity contribution in [3.05, 3.63) is 59.4 Å². The first-order chi connectivity index (χ1) is 9.47. The molecule has 104 valence electrons. The molecular weight excluding hydrogens is 259 g/mol. The number of phenols is 1. The van der Waals surface area contributed by atoms with Crippen molar-refractivity contribution in [1.82, 2.24) is 5.32 Å². The van der Waals surface area contributed by atoms with Gasteiger partial charge in [0.15, 0.2) is 0 Å². The Morgan fingerprint density at radius 3 is 2.55 bits per heavy atom. The van der Waals surface area contributed by atoms with Crippen LogP contribution in [-0.2, 0) is 0 Å². The van der Waals surface area contributed by atoms with Gasteiger partial charge in [-0.15, -0.1) is 0 Å². The Balaban J connectivity index is 2.15. The molecule has 0 heterocycles. The molecule has 5 heteroatoms. The standard InChI is InChI=1S/C15H15FN2O2/c1-9(10-2-4-11(16)5-3-10)18-15(20)13-8-12(19)6-7-14(13)17/h2-9,19H,17H2,1H3,(H,18,20). The summed E-state index contributed by atoms with van der Waals surface area (Å²) in [6.07, 6.45) is 0. The van der Waals surface area contributed by atoms with Crippen molar-refractivity contribution >= 4 is 11.6 Å². The summed E-state index contributed by atoms with van der Waals surface area (Å²) in [5.41, 5.74) is 6.97. The zero-order valence-corrected chi connectivity index (χ0v) is 10.9. The van der Waals surface area contributed by atoms with E-state index in [1.807, 2.05) is 0 Å². The number of rotatable bonds is 3. The number of hydrogen-bond acceptors (Lipinski definition) is 3. The maximum Gasteiger partial charge on any atom is 0.253 e. The second-order valence-corrected chi connectivity index (χ2v) is 4.52. The molecule has 2 aromatic carbocycles. The van der Waals surface area contributed by atoms with E-state index in [9.17, 15) is 14.3 Å². The molecule has 0 radical (unpaired) electrons. The molecule has 0 aliphatic rings. The van der Waals surface area contributed by atoms with Crippen molar-refractivity contribution in [2.24, 2.45) is 0 Å². The lowest BCUT2D eigenvalue weighted by Gasteiger charge is -2.15. The largest absolute Gasteiger partial charge is 0.508 e. The zero-order valence-electron chi connectivity index (χ0n) is 10.9. The number of nitrogen functional groups attached to an aromatic ring is 1. The van der Waals surface area contributed by atoms with Crippen molar-refractivity contribution < 1.29 is 14.3 Å². The van der Waals surface area contributed by atoms with Gasteiger partial charge >= 0.3 is 0 Å². The van der Waals surface area contributed by atoms with Crippen molar-refractivity contribution in [3.8, 4) is 5.75 Å². The Labute approximate surface area is 116 Å². The highest BCUT2D eigenvalue weighted by Gasteiger charge is 2.14. The molecule has 0 fully saturated rings. The van der Waals surface area contributed by atoms with Crippen LogP contribution < -0.4 is 11.1 Å². The van der Waals surface area contributed by atoms with E-state index in [0.717, 1.165) is 5.56 Å². The second kappa shape index (κ2) is 5.61. The number of phenolic OH excluding ortho intramolecular Hbond substituents is 1. The van der Waals surface area contributed by atoms with E-state index in [4.69, 9.17) is 5.73 Å². The molecule has 0 aliphatic carbocycles. The summed E-state index contributed by atoms with van der Waals surface area (Å²) in [5, 5.41) is 12.1. The molecule has 0 spiro atoms. The maximum atomic E-state index is 12.8. The molecule has 1 amide bonds. The van der Waals surface area contributed by atoms with Gasteiger partial charge in [-0.25, -0.2) is 4.39 Å². The molecule has 1 unspecified atom stereocenters. The summed E-state index contributed by atoms with van der Waals surface area (Å²) < 4.78 is 12.8. The van der Waals surface area contributed by atoms with Crippen molar-refractivity contribution in [2.45, 2.75) is 13.0 Å². The van der Waals surface area contributed by atoms with Crippen LogP contribution in [0.5, 0.6) is 5.75 Å². The Morgan fingerprint density at radius 2 is 1.90 bits per heavy atom. The van der Waals surface area contributed by atoms with Gasteiger partial charge in [-0.05, 0) is 42.8 Å². The molecule has 0 aliphatic heterocycles. The van der Waals surface area contributed by atoms with E-state index < -0.39 is 5.91 Å². The molecule has 4 nitrogen and oxygen atoms in total. The summed E-state index contributed by atoms with van der Waals surface area (Å²) in [5.74, 6) is -0.751. The Bertz CT molecular complexity index is 626. The molecule has 0 aromatic heterocycles. The van der Waals surface area contributed by atoms with Crippen LogP contribution in [0.4, 0.5) is 10.1 Å². The minimum Gasteiger partial charge on any atom is -0.508 e. The fourth-order valence-electron chi connectivity index (χ4n) is 1.85. The topological polar surface area (TPSA) is 75.3 Å². The SMILES string of the molecule is CC(NC(=O)c1cc(O)ccc1N)c1ccc(F)cc1. The lowest BCUT2D eigenvalue weighted by Crippen LogP contribution is -2.27. The first kappa shape index (κ1) is 13.9. The molecular formula is C15H15FN2O2. The predicted octanol–water partition coefficient (Wildman–Crippen LogP) is 2.60. The molecule has 2 rings (SSSR count). The number of carbonyl (C=O) groups excluding carboxylic acids is 1. The second-order valence-electron chi connectivity index (χ2n) is 4.52. The number of hydrogen-bond donors (Lipinski definition) is 3. The molecule has 1 atom stereocenters. The quantitative estimate of drug-likeness (QED) is 0.595.